The minimum atomic E-state index is -0.132. The molecule has 2 atom stereocenters. The molecule has 0 fully saturated rings. The molecular formula is C20H18Cl2P2Zr. The van der Waals surface area contributed by atoms with Gasteiger partial charge in [0.25, 0.3) is 0 Å². The van der Waals surface area contributed by atoms with Crippen molar-refractivity contribution in [2.24, 2.45) is 0 Å². The van der Waals surface area contributed by atoms with Crippen molar-refractivity contribution in [1.29, 1.82) is 0 Å². The molecule has 0 amide bonds. The van der Waals surface area contributed by atoms with Crippen LogP contribution in [0.15, 0.2) is 72.8 Å². The van der Waals surface area contributed by atoms with Gasteiger partial charge in [0.15, 0.2) is 0 Å². The summed E-state index contributed by atoms with van der Waals surface area (Å²) in [5.74, 6) is 0. The molecule has 0 saturated heterocycles. The van der Waals surface area contributed by atoms with Crippen molar-refractivity contribution >= 4 is 47.4 Å². The molecule has 0 N–H and O–H groups in total. The van der Waals surface area contributed by atoms with Gasteiger partial charge in [-0.1, -0.05) is 27.4 Å². The maximum Gasteiger partial charge on any atom is 4.00 e. The zero-order chi connectivity index (χ0) is 15.1. The third-order valence-corrected chi connectivity index (χ3v) is 11.4. The Morgan fingerprint density at radius 3 is 1.36 bits per heavy atom. The average Bonchev–Trinajstić information content (AvgIpc) is 3.16. The van der Waals surface area contributed by atoms with Gasteiger partial charge in [0.2, 0.25) is 0 Å². The summed E-state index contributed by atoms with van der Waals surface area (Å²) in [6.45, 7) is 4.87. The fourth-order valence-electron chi connectivity index (χ4n) is 2.99. The zero-order valence-corrected chi connectivity index (χ0v) is 19.8. The minimum absolute atomic E-state index is 0. The SMILES string of the molecule is CP(c1cc2ccccc2[cH-]1)P(C)c1cc2ccccc2[cH-]1.[Cl-].[Cl-].[Zr+4]. The molecule has 2 unspecified atom stereocenters. The Balaban J connectivity index is 0.00000104. The Morgan fingerprint density at radius 2 is 1.00 bits per heavy atom. The van der Waals surface area contributed by atoms with E-state index < -0.39 is 0 Å². The van der Waals surface area contributed by atoms with E-state index >= 15 is 0 Å². The first kappa shape index (κ1) is 23.0. The van der Waals surface area contributed by atoms with E-state index in [2.05, 4.69) is 86.1 Å². The largest absolute Gasteiger partial charge is 4.00 e. The van der Waals surface area contributed by atoms with Gasteiger partial charge in [-0.25, -0.2) is 0 Å². The molecule has 4 aromatic carbocycles. The van der Waals surface area contributed by atoms with Crippen LogP contribution >= 0.6 is 15.2 Å². The standard InChI is InChI=1S/C20H18P2.2ClH.Zr/c1-21(19-11-15-7-3-4-8-16(15)12-19)22(2)20-13-17-9-5-6-10-18(17)14-20;;;/h3-14H,1-2H3;2*1H;/q-2;;;+4/p-2. The maximum atomic E-state index is 2.44. The van der Waals surface area contributed by atoms with Crippen LogP contribution in [-0.2, 0) is 26.2 Å². The van der Waals surface area contributed by atoms with E-state index in [4.69, 9.17) is 0 Å². The molecule has 25 heavy (non-hydrogen) atoms. The molecule has 0 aliphatic carbocycles. The summed E-state index contributed by atoms with van der Waals surface area (Å²) in [5, 5.41) is 8.59. The van der Waals surface area contributed by atoms with Crippen LogP contribution < -0.4 is 35.4 Å². The Kier molecular flexibility index (Phi) is 9.01. The molecule has 0 radical (unpaired) electrons. The molecule has 5 heteroatoms. The number of halogens is 2. The van der Waals surface area contributed by atoms with Crippen molar-refractivity contribution in [3.63, 3.8) is 0 Å². The van der Waals surface area contributed by atoms with Gasteiger partial charge in [0.1, 0.15) is 0 Å². The van der Waals surface area contributed by atoms with Crippen LogP contribution in [-0.4, -0.2) is 13.3 Å². The minimum Gasteiger partial charge on any atom is -1.00 e. The number of benzene rings is 2. The summed E-state index contributed by atoms with van der Waals surface area (Å²) >= 11 is 0. The van der Waals surface area contributed by atoms with Crippen molar-refractivity contribution in [3.8, 4) is 0 Å². The van der Waals surface area contributed by atoms with Crippen LogP contribution in [0, 0.1) is 0 Å². The fourth-order valence-corrected chi connectivity index (χ4v) is 7.76. The molecule has 126 valence electrons. The predicted octanol–water partition coefficient (Wildman–Crippen LogP) is -0.474. The van der Waals surface area contributed by atoms with E-state index in [-0.39, 0.29) is 66.2 Å². The van der Waals surface area contributed by atoms with Crippen LogP contribution in [0.1, 0.15) is 0 Å². The summed E-state index contributed by atoms with van der Waals surface area (Å²) in [7, 11) is -0.264. The van der Waals surface area contributed by atoms with Gasteiger partial charge in [-0.2, -0.15) is 12.1 Å². The van der Waals surface area contributed by atoms with Gasteiger partial charge in [-0.05, 0) is 13.3 Å². The molecule has 0 spiro atoms. The second-order valence-corrected chi connectivity index (χ2v) is 12.5. The quantitative estimate of drug-likeness (QED) is 0.274. The van der Waals surface area contributed by atoms with E-state index in [1.54, 1.807) is 0 Å². The Labute approximate surface area is 183 Å². The maximum absolute atomic E-state index is 2.44. The number of rotatable bonds is 3. The third kappa shape index (κ3) is 4.64. The first-order valence-electron chi connectivity index (χ1n) is 7.51. The number of hydrogen-bond acceptors (Lipinski definition) is 0. The van der Waals surface area contributed by atoms with Gasteiger partial charge in [-0.3, -0.25) is 0 Å². The summed E-state index contributed by atoms with van der Waals surface area (Å²) < 4.78 is 0. The first-order chi connectivity index (χ1) is 10.7. The second kappa shape index (κ2) is 9.78. The number of hydrogen-bond donors (Lipinski definition) is 0. The van der Waals surface area contributed by atoms with E-state index in [1.165, 1.54) is 32.2 Å². The molecule has 0 heterocycles. The van der Waals surface area contributed by atoms with Crippen molar-refractivity contribution in [2.75, 3.05) is 13.3 Å². The Hall–Kier alpha value is -0.0169. The summed E-state index contributed by atoms with van der Waals surface area (Å²) in [5.41, 5.74) is 0. The smallest absolute Gasteiger partial charge is 1.00 e. The first-order valence-corrected chi connectivity index (χ1v) is 11.8. The van der Waals surface area contributed by atoms with Crippen molar-refractivity contribution in [1.82, 2.24) is 0 Å². The molecule has 4 aromatic rings. The average molecular weight is 482 g/mol. The summed E-state index contributed by atoms with van der Waals surface area (Å²) in [6, 6.07) is 27.0. The van der Waals surface area contributed by atoms with Gasteiger partial charge < -0.3 is 24.8 Å². The Morgan fingerprint density at radius 1 is 0.640 bits per heavy atom. The van der Waals surface area contributed by atoms with E-state index in [9.17, 15) is 0 Å². The molecule has 0 nitrogen and oxygen atoms in total. The Bertz CT molecular complexity index is 801. The topological polar surface area (TPSA) is 0 Å². The predicted molar refractivity (Wildman–Crippen MR) is 104 cm³/mol. The normalized spacial score (nSPS) is 12.7. The van der Waals surface area contributed by atoms with Crippen LogP contribution in [0.25, 0.3) is 21.5 Å². The van der Waals surface area contributed by atoms with Crippen LogP contribution in [0.4, 0.5) is 0 Å². The van der Waals surface area contributed by atoms with Gasteiger partial charge in [-0.15, -0.1) is 80.7 Å². The van der Waals surface area contributed by atoms with Gasteiger partial charge in [0.05, 0.1) is 0 Å². The fraction of sp³-hybridized carbons (Fsp3) is 0.100. The third-order valence-electron chi connectivity index (χ3n) is 4.40. The zero-order valence-electron chi connectivity index (χ0n) is 14.1. The molecule has 0 saturated carbocycles. The molecule has 4 rings (SSSR count). The van der Waals surface area contributed by atoms with Crippen molar-refractivity contribution in [3.05, 3.63) is 72.8 Å². The van der Waals surface area contributed by atoms with E-state index in [1.807, 2.05) is 0 Å². The summed E-state index contributed by atoms with van der Waals surface area (Å²) in [6.07, 6.45) is 0. The van der Waals surface area contributed by atoms with Crippen molar-refractivity contribution < 1.29 is 51.0 Å². The molecule has 0 aromatic heterocycles. The molecule has 0 aliphatic heterocycles. The van der Waals surface area contributed by atoms with Crippen LogP contribution in [0.2, 0.25) is 0 Å². The molecule has 0 aliphatic rings. The van der Waals surface area contributed by atoms with E-state index in [0.29, 0.717) is 0 Å². The second-order valence-electron chi connectivity index (χ2n) is 5.73. The van der Waals surface area contributed by atoms with Crippen LogP contribution in [0.5, 0.6) is 0 Å². The van der Waals surface area contributed by atoms with E-state index in [0.717, 1.165) is 0 Å². The van der Waals surface area contributed by atoms with Crippen molar-refractivity contribution in [2.45, 2.75) is 0 Å². The van der Waals surface area contributed by atoms with Gasteiger partial charge in [0, 0.05) is 0 Å². The number of fused-ring (bicyclic) bond motifs is 2. The molecule has 0 bridgehead atoms. The van der Waals surface area contributed by atoms with Gasteiger partial charge >= 0.3 is 26.2 Å². The molecular weight excluding hydrogens is 464 g/mol. The summed E-state index contributed by atoms with van der Waals surface area (Å²) in [4.78, 5) is 0. The van der Waals surface area contributed by atoms with Crippen LogP contribution in [0.3, 0.4) is 0 Å². The monoisotopic (exact) mass is 480 g/mol.